The molecule has 0 saturated heterocycles. The monoisotopic (exact) mass is 283 g/mol. The summed E-state index contributed by atoms with van der Waals surface area (Å²) in [4.78, 5) is 32.9. The molecule has 6 heteroatoms. The van der Waals surface area contributed by atoms with E-state index < -0.39 is 11.9 Å². The molecule has 0 aromatic rings. The Labute approximate surface area is 119 Å². The van der Waals surface area contributed by atoms with Crippen molar-refractivity contribution in [3.8, 4) is 0 Å². The van der Waals surface area contributed by atoms with Crippen molar-refractivity contribution in [2.45, 2.75) is 13.3 Å². The first-order chi connectivity index (χ1) is 9.17. The number of ether oxygens (including phenoxy) is 1. The predicted molar refractivity (Wildman–Crippen MR) is 76.1 cm³/mol. The Morgan fingerprint density at radius 2 is 1.80 bits per heavy atom. The van der Waals surface area contributed by atoms with E-state index >= 15 is 0 Å². The minimum atomic E-state index is -1.00. The molecule has 6 nitrogen and oxygen atoms in total. The average Bonchev–Trinajstić information content (AvgIpc) is 2.42. The summed E-state index contributed by atoms with van der Waals surface area (Å²) in [6, 6.07) is 0. The SMILES string of the molecule is C=C(CC=C(C)C(=O)O)C(=O)OC.C=CC(=O)N(C)C. The zero-order valence-corrected chi connectivity index (χ0v) is 12.3. The fourth-order valence-electron chi connectivity index (χ4n) is 0.774. The van der Waals surface area contributed by atoms with E-state index in [0.29, 0.717) is 0 Å². The van der Waals surface area contributed by atoms with Gasteiger partial charge in [0, 0.05) is 25.2 Å². The van der Waals surface area contributed by atoms with Crippen molar-refractivity contribution in [3.05, 3.63) is 36.5 Å². The van der Waals surface area contributed by atoms with Crippen LogP contribution in [0.5, 0.6) is 0 Å². The number of likely N-dealkylation sites (N-methyl/N-ethyl adjacent to an activating group) is 1. The van der Waals surface area contributed by atoms with Crippen molar-refractivity contribution in [2.75, 3.05) is 21.2 Å². The Bertz CT molecular complexity index is 421. The number of nitrogens with zero attached hydrogens (tertiary/aromatic N) is 1. The number of esters is 1. The van der Waals surface area contributed by atoms with Gasteiger partial charge in [-0.15, -0.1) is 0 Å². The highest BCUT2D eigenvalue weighted by Gasteiger charge is 2.05. The van der Waals surface area contributed by atoms with Gasteiger partial charge >= 0.3 is 11.9 Å². The number of carbonyl (C=O) groups is 3. The molecule has 20 heavy (non-hydrogen) atoms. The van der Waals surface area contributed by atoms with Gasteiger partial charge in [0.25, 0.3) is 0 Å². The number of carboxylic acids is 1. The zero-order valence-electron chi connectivity index (χ0n) is 12.3. The van der Waals surface area contributed by atoms with Gasteiger partial charge in [-0.05, 0) is 19.4 Å². The number of carbonyl (C=O) groups excluding carboxylic acids is 2. The maximum Gasteiger partial charge on any atom is 0.333 e. The molecule has 0 aliphatic carbocycles. The smallest absolute Gasteiger partial charge is 0.333 e. The average molecular weight is 283 g/mol. The van der Waals surface area contributed by atoms with E-state index in [1.165, 1.54) is 31.1 Å². The number of carboxylic acid groups (broad SMARTS) is 1. The lowest BCUT2D eigenvalue weighted by atomic mass is 10.1. The third kappa shape index (κ3) is 9.64. The van der Waals surface area contributed by atoms with Gasteiger partial charge in [0.05, 0.1) is 7.11 Å². The van der Waals surface area contributed by atoms with Crippen LogP contribution in [0.15, 0.2) is 36.5 Å². The lowest BCUT2D eigenvalue weighted by Gasteiger charge is -2.03. The predicted octanol–water partition coefficient (Wildman–Crippen LogP) is 1.40. The van der Waals surface area contributed by atoms with Crippen LogP contribution in [-0.2, 0) is 19.1 Å². The maximum absolute atomic E-state index is 10.8. The second-order valence-corrected chi connectivity index (χ2v) is 3.93. The van der Waals surface area contributed by atoms with Crippen molar-refractivity contribution < 1.29 is 24.2 Å². The van der Waals surface area contributed by atoms with Crippen LogP contribution in [0.3, 0.4) is 0 Å². The fraction of sp³-hybridized carbons (Fsp3) is 0.357. The Morgan fingerprint density at radius 3 is 2.05 bits per heavy atom. The van der Waals surface area contributed by atoms with Crippen LogP contribution in [0.4, 0.5) is 0 Å². The van der Waals surface area contributed by atoms with Gasteiger partial charge in [-0.3, -0.25) is 4.79 Å². The van der Waals surface area contributed by atoms with Gasteiger partial charge in [0.15, 0.2) is 0 Å². The Morgan fingerprint density at radius 1 is 1.30 bits per heavy atom. The first-order valence-electron chi connectivity index (χ1n) is 5.67. The van der Waals surface area contributed by atoms with Crippen LogP contribution in [0, 0.1) is 0 Å². The van der Waals surface area contributed by atoms with Crippen LogP contribution in [0.1, 0.15) is 13.3 Å². The number of rotatable bonds is 5. The van der Waals surface area contributed by atoms with Crippen LogP contribution in [-0.4, -0.2) is 49.1 Å². The van der Waals surface area contributed by atoms with Gasteiger partial charge in [0.2, 0.25) is 5.91 Å². The van der Waals surface area contributed by atoms with E-state index in [0.717, 1.165) is 0 Å². The highest BCUT2D eigenvalue weighted by Crippen LogP contribution is 2.04. The molecule has 0 aliphatic rings. The Kier molecular flexibility index (Phi) is 10.5. The van der Waals surface area contributed by atoms with Gasteiger partial charge in [-0.1, -0.05) is 19.2 Å². The van der Waals surface area contributed by atoms with Crippen LogP contribution in [0.25, 0.3) is 0 Å². The quantitative estimate of drug-likeness (QED) is 0.609. The lowest BCUT2D eigenvalue weighted by Crippen LogP contribution is -2.18. The molecule has 0 aromatic carbocycles. The standard InChI is InChI=1S/C9H12O4.C5H9NO/c1-6(8(10)11)4-5-7(2)9(12)13-3;1-4-5(7)6(2)3/h4H,2,5H2,1,3H3,(H,10,11);4H,1H2,2-3H3. The summed E-state index contributed by atoms with van der Waals surface area (Å²) < 4.78 is 4.39. The van der Waals surface area contributed by atoms with E-state index in [-0.39, 0.29) is 23.5 Å². The Hall–Kier alpha value is -2.37. The van der Waals surface area contributed by atoms with Crippen LogP contribution in [0.2, 0.25) is 0 Å². The van der Waals surface area contributed by atoms with E-state index in [4.69, 9.17) is 5.11 Å². The molecule has 0 unspecified atom stereocenters. The first-order valence-corrected chi connectivity index (χ1v) is 5.67. The first kappa shape index (κ1) is 20.0. The summed E-state index contributed by atoms with van der Waals surface area (Å²) in [6.07, 6.45) is 2.90. The number of hydrogen-bond donors (Lipinski definition) is 1. The molecule has 0 heterocycles. The number of aliphatic carboxylic acids is 1. The largest absolute Gasteiger partial charge is 0.478 e. The number of amides is 1. The number of allylic oxidation sites excluding steroid dienone is 1. The molecule has 0 aliphatic heterocycles. The van der Waals surface area contributed by atoms with E-state index in [9.17, 15) is 14.4 Å². The van der Waals surface area contributed by atoms with Crippen LogP contribution < -0.4 is 0 Å². The van der Waals surface area contributed by atoms with E-state index in [2.05, 4.69) is 17.9 Å². The fourth-order valence-corrected chi connectivity index (χ4v) is 0.774. The summed E-state index contributed by atoms with van der Waals surface area (Å²) in [5, 5.41) is 8.48. The van der Waals surface area contributed by atoms with Gasteiger partial charge < -0.3 is 14.7 Å². The molecule has 0 radical (unpaired) electrons. The van der Waals surface area contributed by atoms with Crippen molar-refractivity contribution in [1.82, 2.24) is 4.90 Å². The van der Waals surface area contributed by atoms with Crippen LogP contribution >= 0.6 is 0 Å². The minimum absolute atomic E-state index is 0.0556. The molecule has 0 spiro atoms. The lowest BCUT2D eigenvalue weighted by molar-refractivity contribution is -0.136. The minimum Gasteiger partial charge on any atom is -0.478 e. The second-order valence-electron chi connectivity index (χ2n) is 3.93. The van der Waals surface area contributed by atoms with E-state index in [1.807, 2.05) is 0 Å². The van der Waals surface area contributed by atoms with Gasteiger partial charge in [-0.25, -0.2) is 9.59 Å². The molecule has 0 atom stereocenters. The van der Waals surface area contributed by atoms with Crippen molar-refractivity contribution in [3.63, 3.8) is 0 Å². The molecule has 0 saturated carbocycles. The molecule has 0 bridgehead atoms. The summed E-state index contributed by atoms with van der Waals surface area (Å²) in [5.41, 5.74) is 0.424. The van der Waals surface area contributed by atoms with Gasteiger partial charge in [-0.2, -0.15) is 0 Å². The molecular weight excluding hydrogens is 262 g/mol. The summed E-state index contributed by atoms with van der Waals surface area (Å²) in [6.45, 7) is 8.19. The topological polar surface area (TPSA) is 83.9 Å². The third-order valence-corrected chi connectivity index (χ3v) is 2.08. The number of methoxy groups -OCH3 is 1. The van der Waals surface area contributed by atoms with Crippen molar-refractivity contribution in [1.29, 1.82) is 0 Å². The summed E-state index contributed by atoms with van der Waals surface area (Å²) in [5.74, 6) is -1.58. The molecule has 1 N–H and O–H groups in total. The molecule has 0 aromatic heterocycles. The molecule has 0 fully saturated rings. The number of hydrogen-bond acceptors (Lipinski definition) is 4. The van der Waals surface area contributed by atoms with Crippen molar-refractivity contribution >= 4 is 17.8 Å². The Balaban J connectivity index is 0. The highest BCUT2D eigenvalue weighted by molar-refractivity contribution is 5.89. The van der Waals surface area contributed by atoms with Crippen molar-refractivity contribution in [2.24, 2.45) is 0 Å². The normalized spacial score (nSPS) is 9.70. The van der Waals surface area contributed by atoms with E-state index in [1.54, 1.807) is 14.1 Å². The summed E-state index contributed by atoms with van der Waals surface area (Å²) >= 11 is 0. The molecule has 112 valence electrons. The summed E-state index contributed by atoms with van der Waals surface area (Å²) in [7, 11) is 4.62. The highest BCUT2D eigenvalue weighted by atomic mass is 16.5. The zero-order chi connectivity index (χ0) is 16.3. The third-order valence-electron chi connectivity index (χ3n) is 2.08. The second kappa shape index (κ2) is 10.5. The van der Waals surface area contributed by atoms with Gasteiger partial charge in [0.1, 0.15) is 0 Å². The molecule has 1 amide bonds. The molecular formula is C14H21NO5. The molecule has 0 rings (SSSR count). The maximum atomic E-state index is 10.8.